The molecule has 2 atom stereocenters. The Morgan fingerprint density at radius 3 is 2.65 bits per heavy atom. The second-order valence-electron chi connectivity index (χ2n) is 7.45. The highest BCUT2D eigenvalue weighted by atomic mass is 16.2. The number of fused-ring (bicyclic) bond motifs is 4. The molecule has 0 aromatic carbocycles. The van der Waals surface area contributed by atoms with E-state index >= 15 is 0 Å². The van der Waals surface area contributed by atoms with Crippen LogP contribution in [0.15, 0.2) is 34.8 Å². The van der Waals surface area contributed by atoms with Crippen LogP contribution in [0.5, 0.6) is 0 Å². The highest BCUT2D eigenvalue weighted by molar-refractivity contribution is 5.95. The fourth-order valence-corrected chi connectivity index (χ4v) is 3.81. The Kier molecular flexibility index (Phi) is 5.30. The van der Waals surface area contributed by atoms with Gasteiger partial charge in [-0.2, -0.15) is 0 Å². The number of hydrogen-bond donors (Lipinski definition) is 0. The minimum atomic E-state index is -0.169. The summed E-state index contributed by atoms with van der Waals surface area (Å²) < 4.78 is 1.56. The van der Waals surface area contributed by atoms with Gasteiger partial charge >= 0.3 is 0 Å². The van der Waals surface area contributed by atoms with Crippen molar-refractivity contribution in [1.82, 2.24) is 14.4 Å². The molecule has 2 bridgehead atoms. The minimum Gasteiger partial charge on any atom is -0.336 e. The van der Waals surface area contributed by atoms with Crippen LogP contribution in [-0.4, -0.2) is 51.9 Å². The van der Waals surface area contributed by atoms with Gasteiger partial charge in [-0.05, 0) is 39.7 Å². The Morgan fingerprint density at radius 2 is 2.00 bits per heavy atom. The van der Waals surface area contributed by atoms with E-state index in [4.69, 9.17) is 0 Å². The van der Waals surface area contributed by atoms with Gasteiger partial charge in [0.1, 0.15) is 0 Å². The molecule has 1 aromatic rings. The number of nitrogens with zero attached hydrogens (tertiary/aromatic N) is 3. The molecule has 0 N–H and O–H groups in total. The van der Waals surface area contributed by atoms with Crippen molar-refractivity contribution < 1.29 is 9.59 Å². The fraction of sp³-hybridized carbons (Fsp3) is 0.550. The summed E-state index contributed by atoms with van der Waals surface area (Å²) in [6, 6.07) is 3.15. The molecule has 6 nitrogen and oxygen atoms in total. The van der Waals surface area contributed by atoms with Gasteiger partial charge in [0.05, 0.1) is 5.92 Å². The lowest BCUT2D eigenvalue weighted by atomic mass is 9.94. The summed E-state index contributed by atoms with van der Waals surface area (Å²) in [5.41, 5.74) is 1.42. The van der Waals surface area contributed by atoms with Gasteiger partial charge in [0.2, 0.25) is 5.91 Å². The normalized spacial score (nSPS) is 22.3. The van der Waals surface area contributed by atoms with E-state index in [0.717, 1.165) is 12.8 Å². The number of aryl methyl sites for hydroxylation is 1. The number of hydrogen-bond acceptors (Lipinski definition) is 3. The summed E-state index contributed by atoms with van der Waals surface area (Å²) in [6.45, 7) is 8.10. The summed E-state index contributed by atoms with van der Waals surface area (Å²) in [5.74, 6) is -0.145. The molecule has 0 unspecified atom stereocenters. The molecule has 0 aliphatic carbocycles. The second-order valence-corrected chi connectivity index (χ2v) is 7.45. The first-order valence-corrected chi connectivity index (χ1v) is 9.34. The minimum absolute atomic E-state index is 0.0526. The van der Waals surface area contributed by atoms with Crippen molar-refractivity contribution in [2.24, 2.45) is 5.92 Å². The average Bonchev–Trinajstić information content (AvgIpc) is 2.90. The maximum absolute atomic E-state index is 12.9. The monoisotopic (exact) mass is 357 g/mol. The SMILES string of the molecule is CCn1ccc(C(=O)N2C[C@@H]3CC[C@H](C2)N(CC=C(C)C)C3=O)cc1=O. The fourth-order valence-electron chi connectivity index (χ4n) is 3.81. The number of piperidine rings is 1. The Morgan fingerprint density at radius 1 is 1.23 bits per heavy atom. The summed E-state index contributed by atoms with van der Waals surface area (Å²) in [4.78, 5) is 41.4. The summed E-state index contributed by atoms with van der Waals surface area (Å²) in [7, 11) is 0. The van der Waals surface area contributed by atoms with Crippen LogP contribution in [0, 0.1) is 5.92 Å². The van der Waals surface area contributed by atoms with E-state index in [-0.39, 0.29) is 29.3 Å². The Labute approximate surface area is 154 Å². The maximum atomic E-state index is 12.9. The summed E-state index contributed by atoms with van der Waals surface area (Å²) in [6.07, 6.45) is 5.48. The smallest absolute Gasteiger partial charge is 0.254 e. The van der Waals surface area contributed by atoms with Crippen LogP contribution >= 0.6 is 0 Å². The van der Waals surface area contributed by atoms with E-state index in [0.29, 0.717) is 31.7 Å². The van der Waals surface area contributed by atoms with Crippen molar-refractivity contribution in [3.05, 3.63) is 45.9 Å². The Bertz CT molecular complexity index is 792. The molecule has 3 aliphatic heterocycles. The number of carbonyl (C=O) groups excluding carboxylic acids is 2. The van der Waals surface area contributed by atoms with Crippen LogP contribution in [0.4, 0.5) is 0 Å². The summed E-state index contributed by atoms with van der Waals surface area (Å²) in [5, 5.41) is 0. The number of aromatic nitrogens is 1. The molecular weight excluding hydrogens is 330 g/mol. The van der Waals surface area contributed by atoms with Gasteiger partial charge < -0.3 is 14.4 Å². The molecule has 0 saturated carbocycles. The number of rotatable bonds is 4. The lowest BCUT2D eigenvalue weighted by Crippen LogP contribution is -2.48. The van der Waals surface area contributed by atoms with Crippen LogP contribution in [0.3, 0.4) is 0 Å². The van der Waals surface area contributed by atoms with Gasteiger partial charge in [0, 0.05) is 50.0 Å². The molecule has 26 heavy (non-hydrogen) atoms. The molecule has 3 aliphatic rings. The first-order valence-electron chi connectivity index (χ1n) is 9.34. The third-order valence-corrected chi connectivity index (χ3v) is 5.36. The van der Waals surface area contributed by atoms with Crippen molar-refractivity contribution >= 4 is 11.8 Å². The molecule has 3 fully saturated rings. The third kappa shape index (κ3) is 3.59. The first-order chi connectivity index (χ1) is 12.4. The lowest BCUT2D eigenvalue weighted by Gasteiger charge is -2.35. The molecule has 3 saturated heterocycles. The van der Waals surface area contributed by atoms with E-state index in [1.807, 2.05) is 25.7 Å². The molecule has 6 heteroatoms. The molecule has 0 spiro atoms. The molecule has 2 amide bonds. The molecule has 0 radical (unpaired) electrons. The predicted octanol–water partition coefficient (Wildman–Crippen LogP) is 1.90. The van der Waals surface area contributed by atoms with Crippen LogP contribution in [-0.2, 0) is 11.3 Å². The van der Waals surface area contributed by atoms with Crippen molar-refractivity contribution in [1.29, 1.82) is 0 Å². The van der Waals surface area contributed by atoms with E-state index in [1.165, 1.54) is 11.6 Å². The second kappa shape index (κ2) is 7.48. The van der Waals surface area contributed by atoms with Crippen molar-refractivity contribution in [2.45, 2.75) is 46.2 Å². The van der Waals surface area contributed by atoms with Gasteiger partial charge in [-0.3, -0.25) is 14.4 Å². The van der Waals surface area contributed by atoms with Crippen LogP contribution in [0.1, 0.15) is 44.0 Å². The van der Waals surface area contributed by atoms with Crippen molar-refractivity contribution in [3.8, 4) is 0 Å². The van der Waals surface area contributed by atoms with Crippen molar-refractivity contribution in [2.75, 3.05) is 19.6 Å². The van der Waals surface area contributed by atoms with Gasteiger partial charge in [-0.25, -0.2) is 0 Å². The lowest BCUT2D eigenvalue weighted by molar-refractivity contribution is -0.139. The van der Waals surface area contributed by atoms with Crippen LogP contribution in [0.2, 0.25) is 0 Å². The van der Waals surface area contributed by atoms with Crippen LogP contribution in [0.25, 0.3) is 0 Å². The molecule has 140 valence electrons. The van der Waals surface area contributed by atoms with E-state index in [9.17, 15) is 14.4 Å². The third-order valence-electron chi connectivity index (χ3n) is 5.36. The highest BCUT2D eigenvalue weighted by Crippen LogP contribution is 2.29. The van der Waals surface area contributed by atoms with Crippen molar-refractivity contribution in [3.63, 3.8) is 0 Å². The van der Waals surface area contributed by atoms with Gasteiger partial charge in [0.25, 0.3) is 11.5 Å². The standard InChI is InChI=1S/C20H27N3O3/c1-4-21-9-8-15(11-18(21)24)19(25)22-12-16-5-6-17(13-22)23(20(16)26)10-7-14(2)3/h7-9,11,16-17H,4-6,10,12-13H2,1-3H3/t16-,17+/m0/s1. The zero-order valence-electron chi connectivity index (χ0n) is 15.8. The topological polar surface area (TPSA) is 62.6 Å². The zero-order chi connectivity index (χ0) is 18.8. The molecule has 4 rings (SSSR count). The van der Waals surface area contributed by atoms with E-state index < -0.39 is 0 Å². The van der Waals surface area contributed by atoms with Gasteiger partial charge in [-0.15, -0.1) is 0 Å². The first kappa shape index (κ1) is 18.4. The van der Waals surface area contributed by atoms with Crippen LogP contribution < -0.4 is 5.56 Å². The molecular formula is C20H27N3O3. The predicted molar refractivity (Wildman–Crippen MR) is 99.9 cm³/mol. The number of amides is 2. The van der Waals surface area contributed by atoms with Gasteiger partial charge in [0.15, 0.2) is 0 Å². The van der Waals surface area contributed by atoms with E-state index in [1.54, 1.807) is 21.7 Å². The quantitative estimate of drug-likeness (QED) is 0.773. The summed E-state index contributed by atoms with van der Waals surface area (Å²) >= 11 is 0. The Hall–Kier alpha value is -2.37. The maximum Gasteiger partial charge on any atom is 0.254 e. The molecule has 4 heterocycles. The largest absolute Gasteiger partial charge is 0.336 e. The number of allylic oxidation sites excluding steroid dienone is 1. The number of carbonyl (C=O) groups is 2. The average molecular weight is 357 g/mol. The number of pyridine rings is 1. The van der Waals surface area contributed by atoms with Gasteiger partial charge in [-0.1, -0.05) is 11.6 Å². The Balaban J connectivity index is 1.81. The van der Waals surface area contributed by atoms with E-state index in [2.05, 4.69) is 6.08 Å². The zero-order valence-corrected chi connectivity index (χ0v) is 15.8. The molecule has 1 aromatic heterocycles. The highest BCUT2D eigenvalue weighted by Gasteiger charge is 2.41.